The van der Waals surface area contributed by atoms with Gasteiger partial charge in [-0.1, -0.05) is 6.92 Å². The molecule has 0 bridgehead atoms. The highest BCUT2D eigenvalue weighted by molar-refractivity contribution is 5.87. The van der Waals surface area contributed by atoms with E-state index in [1.807, 2.05) is 19.9 Å². The summed E-state index contributed by atoms with van der Waals surface area (Å²) in [6.45, 7) is 4.93. The Morgan fingerprint density at radius 3 is 2.92 bits per heavy atom. The van der Waals surface area contributed by atoms with Crippen LogP contribution in [0.4, 0.5) is 16.6 Å². The third-order valence-electron chi connectivity index (χ3n) is 4.40. The molecule has 0 unspecified atom stereocenters. The van der Waals surface area contributed by atoms with E-state index in [0.717, 1.165) is 6.42 Å². The van der Waals surface area contributed by atoms with Gasteiger partial charge in [-0.3, -0.25) is 10.4 Å². The van der Waals surface area contributed by atoms with Crippen LogP contribution in [0.15, 0.2) is 18.3 Å². The topological polar surface area (TPSA) is 121 Å². The Morgan fingerprint density at radius 1 is 1.46 bits per heavy atom. The molecule has 0 aromatic carbocycles. The van der Waals surface area contributed by atoms with Gasteiger partial charge >= 0.3 is 6.09 Å². The van der Waals surface area contributed by atoms with E-state index in [4.69, 9.17) is 5.84 Å². The van der Waals surface area contributed by atoms with E-state index in [1.165, 1.54) is 4.90 Å². The van der Waals surface area contributed by atoms with Crippen LogP contribution >= 0.6 is 0 Å². The molecule has 1 aliphatic heterocycles. The summed E-state index contributed by atoms with van der Waals surface area (Å²) < 4.78 is 0. The number of nitrogens with one attached hydrogen (secondary N) is 1. The number of hydrogen-bond donors (Lipinski definition) is 3. The number of carbonyl (C=O) groups is 1. The third kappa shape index (κ3) is 2.78. The lowest BCUT2D eigenvalue weighted by Gasteiger charge is -2.44. The summed E-state index contributed by atoms with van der Waals surface area (Å²) in [5.41, 5.74) is 3.86. The number of amides is 1. The fourth-order valence-corrected chi connectivity index (χ4v) is 3.13. The minimum atomic E-state index is -0.886. The summed E-state index contributed by atoms with van der Waals surface area (Å²) in [7, 11) is 0. The van der Waals surface area contributed by atoms with Crippen molar-refractivity contribution in [3.05, 3.63) is 18.3 Å². The highest BCUT2D eigenvalue weighted by atomic mass is 16.4. The monoisotopic (exact) mass is 331 g/mol. The van der Waals surface area contributed by atoms with E-state index < -0.39 is 6.09 Å². The maximum atomic E-state index is 11.5. The molecule has 3 heterocycles. The Bertz CT molecular complexity index is 754. The van der Waals surface area contributed by atoms with Gasteiger partial charge in [-0.15, -0.1) is 0 Å². The molecule has 4 N–H and O–H groups in total. The molecule has 2 aromatic rings. The van der Waals surface area contributed by atoms with Gasteiger partial charge in [0.15, 0.2) is 5.82 Å². The Balaban J connectivity index is 2.05. The van der Waals surface area contributed by atoms with Crippen LogP contribution in [0.25, 0.3) is 11.0 Å². The van der Waals surface area contributed by atoms with E-state index in [-0.39, 0.29) is 12.1 Å². The first-order chi connectivity index (χ1) is 11.5. The number of carboxylic acid groups (broad SMARTS) is 1. The van der Waals surface area contributed by atoms with Gasteiger partial charge in [-0.05, 0) is 25.5 Å². The number of hydrogen-bond acceptors (Lipinski definition) is 7. The molecule has 0 saturated carbocycles. The van der Waals surface area contributed by atoms with Crippen LogP contribution in [0.2, 0.25) is 0 Å². The first-order valence-corrected chi connectivity index (χ1v) is 7.90. The maximum absolute atomic E-state index is 11.5. The van der Waals surface area contributed by atoms with Gasteiger partial charge in [0, 0.05) is 25.3 Å². The van der Waals surface area contributed by atoms with Gasteiger partial charge in [-0.25, -0.2) is 15.6 Å². The summed E-state index contributed by atoms with van der Waals surface area (Å²) in [5.74, 6) is 6.47. The molecule has 9 heteroatoms. The van der Waals surface area contributed by atoms with Gasteiger partial charge in [0.05, 0.1) is 11.6 Å². The molecule has 2 aromatic heterocycles. The molecule has 3 rings (SSSR count). The van der Waals surface area contributed by atoms with Crippen molar-refractivity contribution in [2.24, 2.45) is 5.84 Å². The lowest BCUT2D eigenvalue weighted by Crippen LogP contribution is -2.59. The van der Waals surface area contributed by atoms with Crippen molar-refractivity contribution >= 4 is 28.9 Å². The molecule has 1 fully saturated rings. The molecular formula is C15H21N7O2. The quantitative estimate of drug-likeness (QED) is 0.568. The summed E-state index contributed by atoms with van der Waals surface area (Å²) in [6.07, 6.45) is 1.54. The number of nitrogen functional groups attached to an aromatic ring is 1. The van der Waals surface area contributed by atoms with Crippen molar-refractivity contribution in [3.8, 4) is 0 Å². The van der Waals surface area contributed by atoms with Crippen molar-refractivity contribution in [1.82, 2.24) is 19.9 Å². The van der Waals surface area contributed by atoms with Crippen LogP contribution in [-0.2, 0) is 0 Å². The second kappa shape index (κ2) is 6.44. The van der Waals surface area contributed by atoms with Crippen molar-refractivity contribution < 1.29 is 9.90 Å². The molecule has 0 radical (unpaired) electrons. The lowest BCUT2D eigenvalue weighted by molar-refractivity contribution is 0.108. The normalized spacial score (nSPS) is 21.1. The number of fused-ring (bicyclic) bond motifs is 1. The van der Waals surface area contributed by atoms with Gasteiger partial charge in [0.25, 0.3) is 0 Å². The molecule has 24 heavy (non-hydrogen) atoms. The number of piperazine rings is 1. The fraction of sp³-hybridized carbons (Fsp3) is 0.467. The zero-order valence-corrected chi connectivity index (χ0v) is 13.7. The first kappa shape index (κ1) is 16.2. The van der Waals surface area contributed by atoms with Crippen molar-refractivity contribution in [1.29, 1.82) is 0 Å². The molecule has 0 aliphatic carbocycles. The van der Waals surface area contributed by atoms with E-state index in [2.05, 4.69) is 25.3 Å². The maximum Gasteiger partial charge on any atom is 0.407 e. The Kier molecular flexibility index (Phi) is 4.34. The number of nitrogens with two attached hydrogens (primary N) is 1. The van der Waals surface area contributed by atoms with Crippen LogP contribution in [0.5, 0.6) is 0 Å². The van der Waals surface area contributed by atoms with Crippen molar-refractivity contribution in [2.45, 2.75) is 32.4 Å². The van der Waals surface area contributed by atoms with E-state index in [1.54, 1.807) is 12.3 Å². The van der Waals surface area contributed by atoms with Crippen molar-refractivity contribution in [3.63, 3.8) is 0 Å². The van der Waals surface area contributed by atoms with Gasteiger partial charge in [0.2, 0.25) is 5.95 Å². The SMILES string of the molecule is CC[C@@H]1CN(c2nc(NN)nc3cccnc23)[C@@H](C)CN1C(=O)O. The number of pyridine rings is 1. The highest BCUT2D eigenvalue weighted by Gasteiger charge is 2.35. The standard InChI is InChI=1S/C15H21N7O2/c1-3-10-8-21(9(2)7-22(10)15(23)24)13-12-11(5-4-6-17-12)18-14(19-13)20-16/h4-6,9-10H,3,7-8,16H2,1-2H3,(H,23,24)(H,18,19,20)/t9-,10+/m0/s1. The fourth-order valence-electron chi connectivity index (χ4n) is 3.13. The minimum Gasteiger partial charge on any atom is -0.465 e. The summed E-state index contributed by atoms with van der Waals surface area (Å²) in [6, 6.07) is 3.53. The zero-order chi connectivity index (χ0) is 17.3. The Hall–Kier alpha value is -2.68. The second-order valence-corrected chi connectivity index (χ2v) is 5.88. The third-order valence-corrected chi connectivity index (χ3v) is 4.40. The molecule has 2 atom stereocenters. The van der Waals surface area contributed by atoms with Crippen LogP contribution in [-0.4, -0.2) is 56.2 Å². The smallest absolute Gasteiger partial charge is 0.407 e. The summed E-state index contributed by atoms with van der Waals surface area (Å²) in [5, 5.41) is 9.41. The number of nitrogens with zero attached hydrogens (tertiary/aromatic N) is 5. The number of rotatable bonds is 3. The van der Waals surface area contributed by atoms with E-state index in [0.29, 0.717) is 35.9 Å². The second-order valence-electron chi connectivity index (χ2n) is 5.88. The predicted octanol–water partition coefficient (Wildman–Crippen LogP) is 1.28. The number of anilines is 2. The molecule has 1 saturated heterocycles. The van der Waals surface area contributed by atoms with Gasteiger partial charge < -0.3 is 14.9 Å². The summed E-state index contributed by atoms with van der Waals surface area (Å²) in [4.78, 5) is 28.3. The number of aromatic nitrogens is 3. The summed E-state index contributed by atoms with van der Waals surface area (Å²) >= 11 is 0. The molecule has 128 valence electrons. The first-order valence-electron chi connectivity index (χ1n) is 7.90. The minimum absolute atomic E-state index is 0.0327. The van der Waals surface area contributed by atoms with Crippen LogP contribution < -0.4 is 16.2 Å². The molecule has 0 spiro atoms. The average Bonchev–Trinajstić information content (AvgIpc) is 2.60. The lowest BCUT2D eigenvalue weighted by atomic mass is 10.1. The van der Waals surface area contributed by atoms with E-state index >= 15 is 0 Å². The zero-order valence-electron chi connectivity index (χ0n) is 13.7. The molecule has 1 amide bonds. The van der Waals surface area contributed by atoms with Crippen LogP contribution in [0.1, 0.15) is 20.3 Å². The van der Waals surface area contributed by atoms with Gasteiger partial charge in [-0.2, -0.15) is 4.98 Å². The largest absolute Gasteiger partial charge is 0.465 e. The Morgan fingerprint density at radius 2 is 2.25 bits per heavy atom. The highest BCUT2D eigenvalue weighted by Crippen LogP contribution is 2.28. The van der Waals surface area contributed by atoms with E-state index in [9.17, 15) is 9.90 Å². The Labute approximate surface area is 139 Å². The van der Waals surface area contributed by atoms with Crippen molar-refractivity contribution in [2.75, 3.05) is 23.4 Å². The molecule has 9 nitrogen and oxygen atoms in total. The molecule has 1 aliphatic rings. The van der Waals surface area contributed by atoms with Crippen LogP contribution in [0, 0.1) is 0 Å². The van der Waals surface area contributed by atoms with Gasteiger partial charge in [0.1, 0.15) is 5.52 Å². The predicted molar refractivity (Wildman–Crippen MR) is 90.8 cm³/mol. The number of hydrazine groups is 1. The van der Waals surface area contributed by atoms with Crippen LogP contribution in [0.3, 0.4) is 0 Å². The molecular weight excluding hydrogens is 310 g/mol. The average molecular weight is 331 g/mol.